The zero-order valence-electron chi connectivity index (χ0n) is 7.58. The lowest BCUT2D eigenvalue weighted by molar-refractivity contribution is -0.0764. The third-order valence-electron chi connectivity index (χ3n) is 3.00. The van der Waals surface area contributed by atoms with E-state index < -0.39 is 0 Å². The van der Waals surface area contributed by atoms with Gasteiger partial charge in [-0.25, -0.2) is 0 Å². The molecule has 2 aliphatic rings. The third-order valence-corrected chi connectivity index (χ3v) is 3.00. The molecule has 0 aromatic carbocycles. The summed E-state index contributed by atoms with van der Waals surface area (Å²) in [5.41, 5.74) is 0.0312. The quantitative estimate of drug-likeness (QED) is 0.514. The van der Waals surface area contributed by atoms with Gasteiger partial charge in [0, 0.05) is 13.0 Å². The maximum Gasteiger partial charge on any atom is 0.0969 e. The second-order valence-corrected chi connectivity index (χ2v) is 3.65. The lowest BCUT2D eigenvalue weighted by Crippen LogP contribution is -2.38. The molecule has 0 aromatic heterocycles. The summed E-state index contributed by atoms with van der Waals surface area (Å²) in [6, 6.07) is 0. The first kappa shape index (κ1) is 8.27. The Labute approximate surface area is 73.5 Å². The first-order chi connectivity index (χ1) is 5.83. The second-order valence-electron chi connectivity index (χ2n) is 3.65. The molecule has 0 bridgehead atoms. The van der Waals surface area contributed by atoms with Crippen molar-refractivity contribution in [3.63, 3.8) is 0 Å². The normalized spacial score (nSPS) is 41.9. The van der Waals surface area contributed by atoms with Crippen LogP contribution in [-0.2, 0) is 9.47 Å². The molecular weight excluding hydrogens is 152 g/mol. The summed E-state index contributed by atoms with van der Waals surface area (Å²) in [5.74, 6) is 0. The monoisotopic (exact) mass is 168 g/mol. The molecule has 2 aliphatic heterocycles. The zero-order chi connectivity index (χ0) is 8.44. The van der Waals surface area contributed by atoms with Gasteiger partial charge in [0.2, 0.25) is 0 Å². The summed E-state index contributed by atoms with van der Waals surface area (Å²) < 4.78 is 11.4. The first-order valence-corrected chi connectivity index (χ1v) is 4.74. The highest BCUT2D eigenvalue weighted by molar-refractivity contribution is 4.98. The summed E-state index contributed by atoms with van der Waals surface area (Å²) in [6.07, 6.45) is 7.91. The molecule has 0 radical (unpaired) electrons. The third kappa shape index (κ3) is 1.29. The first-order valence-electron chi connectivity index (χ1n) is 4.74. The molecule has 68 valence electrons. The van der Waals surface area contributed by atoms with Crippen LogP contribution in [0, 0.1) is 0 Å². The van der Waals surface area contributed by atoms with Gasteiger partial charge in [0.15, 0.2) is 0 Å². The van der Waals surface area contributed by atoms with Crippen molar-refractivity contribution in [1.29, 1.82) is 0 Å². The van der Waals surface area contributed by atoms with Crippen molar-refractivity contribution in [2.75, 3.05) is 13.2 Å². The molecule has 1 spiro atoms. The predicted octanol–water partition coefficient (Wildman–Crippen LogP) is 1.90. The van der Waals surface area contributed by atoms with E-state index in [0.29, 0.717) is 0 Å². The highest BCUT2D eigenvalue weighted by Gasteiger charge is 2.42. The molecule has 0 unspecified atom stereocenters. The van der Waals surface area contributed by atoms with E-state index >= 15 is 0 Å². The molecule has 12 heavy (non-hydrogen) atoms. The van der Waals surface area contributed by atoms with Gasteiger partial charge < -0.3 is 9.47 Å². The number of hydrogen-bond acceptors (Lipinski definition) is 2. The van der Waals surface area contributed by atoms with E-state index in [1.807, 2.05) is 0 Å². The van der Waals surface area contributed by atoms with Crippen molar-refractivity contribution >= 4 is 0 Å². The van der Waals surface area contributed by atoms with Crippen LogP contribution in [-0.4, -0.2) is 24.9 Å². The van der Waals surface area contributed by atoms with E-state index in [1.54, 1.807) is 0 Å². The Kier molecular flexibility index (Phi) is 2.20. The highest BCUT2D eigenvalue weighted by atomic mass is 16.6. The van der Waals surface area contributed by atoms with Crippen molar-refractivity contribution in [3.8, 4) is 0 Å². The molecule has 2 rings (SSSR count). The SMILES string of the molecule is C[C@@H]1OCC[C@@]12CCC=CCO2. The molecule has 2 nitrogen and oxygen atoms in total. The molecule has 0 amide bonds. The fourth-order valence-electron chi connectivity index (χ4n) is 2.08. The standard InChI is InChI=1S/C10H16O2/c1-9-10(6-8-11-9)5-3-2-4-7-12-10/h2,4,9H,3,5-8H2,1H3/t9-,10-/m0/s1. The van der Waals surface area contributed by atoms with Crippen LogP contribution in [0.25, 0.3) is 0 Å². The fourth-order valence-corrected chi connectivity index (χ4v) is 2.08. The van der Waals surface area contributed by atoms with Gasteiger partial charge in [-0.2, -0.15) is 0 Å². The number of ether oxygens (including phenoxy) is 2. The van der Waals surface area contributed by atoms with Gasteiger partial charge in [-0.05, 0) is 19.8 Å². The van der Waals surface area contributed by atoms with Gasteiger partial charge >= 0.3 is 0 Å². The van der Waals surface area contributed by atoms with Gasteiger partial charge in [0.1, 0.15) is 0 Å². The molecule has 2 atom stereocenters. The average molecular weight is 168 g/mol. The van der Waals surface area contributed by atoms with E-state index in [2.05, 4.69) is 19.1 Å². The fraction of sp³-hybridized carbons (Fsp3) is 0.800. The molecule has 0 saturated carbocycles. The minimum Gasteiger partial charge on any atom is -0.375 e. The maximum absolute atomic E-state index is 5.85. The highest BCUT2D eigenvalue weighted by Crippen LogP contribution is 2.35. The van der Waals surface area contributed by atoms with Crippen LogP contribution >= 0.6 is 0 Å². The summed E-state index contributed by atoms with van der Waals surface area (Å²) >= 11 is 0. The maximum atomic E-state index is 5.85. The van der Waals surface area contributed by atoms with Crippen LogP contribution < -0.4 is 0 Å². The molecule has 0 N–H and O–H groups in total. The van der Waals surface area contributed by atoms with Crippen molar-refractivity contribution in [1.82, 2.24) is 0 Å². The lowest BCUT2D eigenvalue weighted by Gasteiger charge is -2.30. The van der Waals surface area contributed by atoms with Crippen molar-refractivity contribution < 1.29 is 9.47 Å². The molecule has 2 heterocycles. The molecule has 2 heteroatoms. The summed E-state index contributed by atoms with van der Waals surface area (Å²) in [5, 5.41) is 0. The van der Waals surface area contributed by atoms with Crippen LogP contribution in [0.15, 0.2) is 12.2 Å². The van der Waals surface area contributed by atoms with Crippen molar-refractivity contribution in [2.45, 2.75) is 37.9 Å². The van der Waals surface area contributed by atoms with Crippen LogP contribution in [0.5, 0.6) is 0 Å². The smallest absolute Gasteiger partial charge is 0.0969 e. The molecule has 1 fully saturated rings. The predicted molar refractivity (Wildman–Crippen MR) is 47.1 cm³/mol. The second kappa shape index (κ2) is 3.19. The van der Waals surface area contributed by atoms with Crippen LogP contribution in [0.4, 0.5) is 0 Å². The van der Waals surface area contributed by atoms with Gasteiger partial charge in [0.05, 0.1) is 18.3 Å². The van der Waals surface area contributed by atoms with Gasteiger partial charge in [-0.1, -0.05) is 12.2 Å². The number of allylic oxidation sites excluding steroid dienone is 1. The Bertz CT molecular complexity index is 176. The van der Waals surface area contributed by atoms with E-state index in [0.717, 1.165) is 32.5 Å². The topological polar surface area (TPSA) is 18.5 Å². The molecule has 1 saturated heterocycles. The van der Waals surface area contributed by atoms with Gasteiger partial charge in [0.25, 0.3) is 0 Å². The van der Waals surface area contributed by atoms with Crippen molar-refractivity contribution in [2.24, 2.45) is 0 Å². The molecule has 0 aliphatic carbocycles. The molecular formula is C10H16O2. The van der Waals surface area contributed by atoms with Crippen LogP contribution in [0.3, 0.4) is 0 Å². The average Bonchev–Trinajstić information content (AvgIpc) is 2.33. The number of hydrogen-bond donors (Lipinski definition) is 0. The number of rotatable bonds is 0. The Balaban J connectivity index is 2.08. The zero-order valence-corrected chi connectivity index (χ0v) is 7.58. The summed E-state index contributed by atoms with van der Waals surface area (Å²) in [7, 11) is 0. The Hall–Kier alpha value is -0.340. The minimum absolute atomic E-state index is 0.0312. The lowest BCUT2D eigenvalue weighted by atomic mass is 9.91. The van der Waals surface area contributed by atoms with Crippen LogP contribution in [0.1, 0.15) is 26.2 Å². The minimum atomic E-state index is 0.0312. The summed E-state index contributed by atoms with van der Waals surface area (Å²) in [6.45, 7) is 3.74. The molecule has 0 aromatic rings. The van der Waals surface area contributed by atoms with Gasteiger partial charge in [-0.15, -0.1) is 0 Å². The van der Waals surface area contributed by atoms with E-state index in [1.165, 1.54) is 0 Å². The Morgan fingerprint density at radius 2 is 2.25 bits per heavy atom. The van der Waals surface area contributed by atoms with Gasteiger partial charge in [-0.3, -0.25) is 0 Å². The van der Waals surface area contributed by atoms with Crippen LogP contribution in [0.2, 0.25) is 0 Å². The summed E-state index contributed by atoms with van der Waals surface area (Å²) in [4.78, 5) is 0. The Morgan fingerprint density at radius 1 is 1.33 bits per heavy atom. The van der Waals surface area contributed by atoms with E-state index in [-0.39, 0.29) is 11.7 Å². The van der Waals surface area contributed by atoms with E-state index in [9.17, 15) is 0 Å². The van der Waals surface area contributed by atoms with Crippen molar-refractivity contribution in [3.05, 3.63) is 12.2 Å². The van der Waals surface area contributed by atoms with E-state index in [4.69, 9.17) is 9.47 Å². The Morgan fingerprint density at radius 3 is 3.00 bits per heavy atom. The largest absolute Gasteiger partial charge is 0.375 e.